The number of hydrogen-bond donors (Lipinski definition) is 3. The number of benzene rings is 1. The number of carbonyl (C=O) groups excluding carboxylic acids is 1. The second-order valence-electron chi connectivity index (χ2n) is 6.31. The molecule has 1 heterocycles. The first-order chi connectivity index (χ1) is 12.4. The van der Waals surface area contributed by atoms with Crippen LogP contribution in [0.2, 0.25) is 0 Å². The molecule has 0 bridgehead atoms. The van der Waals surface area contributed by atoms with Crippen LogP contribution < -0.4 is 24.8 Å². The second-order valence-corrected chi connectivity index (χ2v) is 8.08. The molecule has 3 N–H and O–H groups in total. The van der Waals surface area contributed by atoms with Crippen molar-refractivity contribution >= 4 is 28.3 Å². The molecule has 2 atom stereocenters. The van der Waals surface area contributed by atoms with Crippen LogP contribution in [0.3, 0.4) is 0 Å². The van der Waals surface area contributed by atoms with Crippen molar-refractivity contribution in [2.75, 3.05) is 27.3 Å². The lowest BCUT2D eigenvalue weighted by Crippen LogP contribution is -2.47. The largest absolute Gasteiger partial charge is 0.493 e. The number of rotatable bonds is 8. The zero-order chi connectivity index (χ0) is 19.2. The maximum atomic E-state index is 12.4. The van der Waals surface area contributed by atoms with E-state index in [1.165, 1.54) is 32.4 Å². The van der Waals surface area contributed by atoms with Crippen molar-refractivity contribution in [3.05, 3.63) is 18.2 Å². The number of methoxy groups -OCH3 is 2. The fourth-order valence-electron chi connectivity index (χ4n) is 2.93. The van der Waals surface area contributed by atoms with Gasteiger partial charge < -0.3 is 20.1 Å². The smallest absolute Gasteiger partial charge is 0.240 e. The molecule has 0 radical (unpaired) electrons. The summed E-state index contributed by atoms with van der Waals surface area (Å²) in [4.78, 5) is 12.1. The highest BCUT2D eigenvalue weighted by molar-refractivity contribution is 7.89. The Bertz CT molecular complexity index is 729. The summed E-state index contributed by atoms with van der Waals surface area (Å²) in [6.45, 7) is 2.98. The topological polar surface area (TPSA) is 106 Å². The Morgan fingerprint density at radius 1 is 1.26 bits per heavy atom. The van der Waals surface area contributed by atoms with Crippen LogP contribution in [-0.2, 0) is 14.8 Å². The van der Waals surface area contributed by atoms with Gasteiger partial charge >= 0.3 is 0 Å². The summed E-state index contributed by atoms with van der Waals surface area (Å²) in [5.41, 5.74) is 0. The normalized spacial score (nSPS) is 19.7. The Hall–Kier alpha value is -1.55. The fourth-order valence-corrected chi connectivity index (χ4v) is 3.98. The second kappa shape index (κ2) is 10.7. The predicted octanol–water partition coefficient (Wildman–Crippen LogP) is 1.05. The van der Waals surface area contributed by atoms with Gasteiger partial charge in [0, 0.05) is 31.1 Å². The quantitative estimate of drug-likeness (QED) is 0.579. The molecule has 0 aromatic heterocycles. The first-order valence-electron chi connectivity index (χ1n) is 8.60. The van der Waals surface area contributed by atoms with E-state index < -0.39 is 10.0 Å². The van der Waals surface area contributed by atoms with Crippen molar-refractivity contribution in [1.29, 1.82) is 0 Å². The zero-order valence-corrected chi connectivity index (χ0v) is 17.4. The van der Waals surface area contributed by atoms with Gasteiger partial charge in [0.15, 0.2) is 11.5 Å². The van der Waals surface area contributed by atoms with E-state index in [4.69, 9.17) is 9.47 Å². The standard InChI is InChI=1S/C17H27N3O5S.ClH/c1-12-10-13(6-8-18-12)20-17(21)7-9-19-26(22,23)14-4-5-15(24-2)16(11-14)25-3;/h4-5,11-13,18-19H,6-10H2,1-3H3,(H,20,21);1H. The maximum absolute atomic E-state index is 12.4. The number of ether oxygens (including phenoxy) is 2. The molecule has 2 unspecified atom stereocenters. The number of sulfonamides is 1. The number of nitrogens with one attached hydrogen (secondary N) is 3. The molecule has 1 amide bonds. The molecular weight excluding hydrogens is 394 g/mol. The first kappa shape index (κ1) is 23.5. The van der Waals surface area contributed by atoms with Crippen LogP contribution >= 0.6 is 12.4 Å². The summed E-state index contributed by atoms with van der Waals surface area (Å²) in [5.74, 6) is 0.620. The predicted molar refractivity (Wildman–Crippen MR) is 105 cm³/mol. The van der Waals surface area contributed by atoms with Gasteiger partial charge in [-0.1, -0.05) is 0 Å². The van der Waals surface area contributed by atoms with Crippen molar-refractivity contribution in [1.82, 2.24) is 15.4 Å². The van der Waals surface area contributed by atoms with Gasteiger partial charge in [-0.2, -0.15) is 0 Å². The lowest BCUT2D eigenvalue weighted by Gasteiger charge is -2.28. The molecule has 0 aliphatic carbocycles. The molecular formula is C17H28ClN3O5S. The summed E-state index contributed by atoms with van der Waals surface area (Å²) in [6.07, 6.45) is 1.85. The van der Waals surface area contributed by atoms with Crippen LogP contribution in [0.15, 0.2) is 23.1 Å². The van der Waals surface area contributed by atoms with E-state index in [1.54, 1.807) is 0 Å². The number of halogens is 1. The molecule has 8 nitrogen and oxygen atoms in total. The summed E-state index contributed by atoms with van der Waals surface area (Å²) < 4.78 is 37.4. The van der Waals surface area contributed by atoms with E-state index in [0.717, 1.165) is 19.4 Å². The van der Waals surface area contributed by atoms with E-state index >= 15 is 0 Å². The highest BCUT2D eigenvalue weighted by atomic mass is 35.5. The average Bonchev–Trinajstić information content (AvgIpc) is 2.60. The molecule has 10 heteroatoms. The van der Waals surface area contributed by atoms with Gasteiger partial charge in [0.1, 0.15) is 0 Å². The summed E-state index contributed by atoms with van der Waals surface area (Å²) in [6, 6.07) is 4.86. The SMILES string of the molecule is COc1ccc(S(=O)(=O)NCCC(=O)NC2CCNC(C)C2)cc1OC.Cl. The van der Waals surface area contributed by atoms with Crippen molar-refractivity contribution < 1.29 is 22.7 Å². The fraction of sp³-hybridized carbons (Fsp3) is 0.588. The van der Waals surface area contributed by atoms with E-state index in [1.807, 2.05) is 0 Å². The third-order valence-corrected chi connectivity index (χ3v) is 5.76. The minimum atomic E-state index is -3.73. The molecule has 1 aliphatic rings. The number of amides is 1. The minimum Gasteiger partial charge on any atom is -0.493 e. The van der Waals surface area contributed by atoms with Crippen LogP contribution in [-0.4, -0.2) is 53.7 Å². The molecule has 0 spiro atoms. The number of piperidine rings is 1. The number of carbonyl (C=O) groups is 1. The Kier molecular flexibility index (Phi) is 9.31. The van der Waals surface area contributed by atoms with E-state index in [-0.39, 0.29) is 42.2 Å². The van der Waals surface area contributed by atoms with Crippen molar-refractivity contribution in [2.24, 2.45) is 0 Å². The van der Waals surface area contributed by atoms with Gasteiger partial charge in [0.25, 0.3) is 0 Å². The summed E-state index contributed by atoms with van der Waals surface area (Å²) in [5, 5.41) is 6.28. The Labute approximate surface area is 166 Å². The van der Waals surface area contributed by atoms with Crippen LogP contribution in [0.25, 0.3) is 0 Å². The van der Waals surface area contributed by atoms with Gasteiger partial charge in [0.2, 0.25) is 15.9 Å². The molecule has 1 fully saturated rings. The molecule has 1 aromatic rings. The summed E-state index contributed by atoms with van der Waals surface area (Å²) in [7, 11) is -0.815. The van der Waals surface area contributed by atoms with E-state index in [2.05, 4.69) is 22.3 Å². The molecule has 27 heavy (non-hydrogen) atoms. The molecule has 154 valence electrons. The van der Waals surface area contributed by atoms with Crippen molar-refractivity contribution in [3.8, 4) is 11.5 Å². The Balaban J connectivity index is 0.00000364. The molecule has 2 rings (SSSR count). The van der Waals surface area contributed by atoms with Gasteiger partial charge in [-0.05, 0) is 38.4 Å². The maximum Gasteiger partial charge on any atom is 0.240 e. The monoisotopic (exact) mass is 421 g/mol. The van der Waals surface area contributed by atoms with Gasteiger partial charge in [-0.25, -0.2) is 13.1 Å². The van der Waals surface area contributed by atoms with E-state index in [0.29, 0.717) is 17.5 Å². The highest BCUT2D eigenvalue weighted by Gasteiger charge is 2.21. The van der Waals surface area contributed by atoms with Crippen LogP contribution in [0.4, 0.5) is 0 Å². The summed E-state index contributed by atoms with van der Waals surface area (Å²) >= 11 is 0. The van der Waals surface area contributed by atoms with Crippen molar-refractivity contribution in [2.45, 2.75) is 43.2 Å². The van der Waals surface area contributed by atoms with Crippen molar-refractivity contribution in [3.63, 3.8) is 0 Å². The minimum absolute atomic E-state index is 0. The van der Waals surface area contributed by atoms with Gasteiger partial charge in [-0.3, -0.25) is 4.79 Å². The van der Waals surface area contributed by atoms with Gasteiger partial charge in [-0.15, -0.1) is 12.4 Å². The first-order valence-corrected chi connectivity index (χ1v) is 10.1. The van der Waals surface area contributed by atoms with Gasteiger partial charge in [0.05, 0.1) is 19.1 Å². The van der Waals surface area contributed by atoms with Crippen LogP contribution in [0.1, 0.15) is 26.2 Å². The third kappa shape index (κ3) is 6.84. The molecule has 1 saturated heterocycles. The highest BCUT2D eigenvalue weighted by Crippen LogP contribution is 2.29. The Morgan fingerprint density at radius 2 is 1.96 bits per heavy atom. The molecule has 1 aliphatic heterocycles. The zero-order valence-electron chi connectivity index (χ0n) is 15.8. The Morgan fingerprint density at radius 3 is 2.59 bits per heavy atom. The molecule has 0 saturated carbocycles. The average molecular weight is 422 g/mol. The molecule has 1 aromatic carbocycles. The van der Waals surface area contributed by atoms with Crippen LogP contribution in [0.5, 0.6) is 11.5 Å². The number of hydrogen-bond acceptors (Lipinski definition) is 6. The van der Waals surface area contributed by atoms with E-state index in [9.17, 15) is 13.2 Å². The van der Waals surface area contributed by atoms with Crippen LogP contribution in [0, 0.1) is 0 Å². The lowest BCUT2D eigenvalue weighted by atomic mass is 10.0. The lowest BCUT2D eigenvalue weighted by molar-refractivity contribution is -0.121. The third-order valence-electron chi connectivity index (χ3n) is 4.30.